The first-order valence-corrected chi connectivity index (χ1v) is 12.9. The van der Waals surface area contributed by atoms with Crippen molar-refractivity contribution in [3.05, 3.63) is 101 Å². The minimum Gasteiger partial charge on any atom is -0.484 e. The second kappa shape index (κ2) is 12.6. The van der Waals surface area contributed by atoms with Crippen molar-refractivity contribution in [1.29, 1.82) is 0 Å². The van der Waals surface area contributed by atoms with Crippen LogP contribution in [0.15, 0.2) is 78.9 Å². The Morgan fingerprint density at radius 1 is 0.972 bits per heavy atom. The summed E-state index contributed by atoms with van der Waals surface area (Å²) >= 11 is 6.24. The van der Waals surface area contributed by atoms with Crippen LogP contribution in [0, 0.1) is 6.92 Å². The molecule has 1 N–H and O–H groups in total. The van der Waals surface area contributed by atoms with E-state index in [0.29, 0.717) is 17.2 Å². The lowest BCUT2D eigenvalue weighted by molar-refractivity contribution is -0.143. The zero-order valence-corrected chi connectivity index (χ0v) is 21.4. The number of aryl methyl sites for hydroxylation is 1. The van der Waals surface area contributed by atoms with E-state index in [4.69, 9.17) is 16.3 Å². The summed E-state index contributed by atoms with van der Waals surface area (Å²) in [5, 5.41) is 3.80. The van der Waals surface area contributed by atoms with Gasteiger partial charge in [-0.1, -0.05) is 84.6 Å². The zero-order valence-electron chi connectivity index (χ0n) is 20.7. The molecule has 0 aromatic heterocycles. The van der Waals surface area contributed by atoms with E-state index >= 15 is 0 Å². The summed E-state index contributed by atoms with van der Waals surface area (Å²) in [4.78, 5) is 28.9. The lowest BCUT2D eigenvalue weighted by atomic mass is 10.0. The number of carbonyl (C=O) groups excluding carboxylic acids is 2. The molecule has 1 aliphatic carbocycles. The second-order valence-electron chi connectivity index (χ2n) is 9.45. The van der Waals surface area contributed by atoms with Crippen molar-refractivity contribution >= 4 is 23.4 Å². The number of hydrogen-bond acceptors (Lipinski definition) is 3. The number of carbonyl (C=O) groups is 2. The van der Waals surface area contributed by atoms with Gasteiger partial charge < -0.3 is 15.0 Å². The van der Waals surface area contributed by atoms with Gasteiger partial charge in [0.1, 0.15) is 11.8 Å². The van der Waals surface area contributed by atoms with Gasteiger partial charge in [0, 0.05) is 24.0 Å². The van der Waals surface area contributed by atoms with Gasteiger partial charge in [0.25, 0.3) is 5.91 Å². The first-order valence-electron chi connectivity index (χ1n) is 12.6. The SMILES string of the molecule is Cc1ccc(OCC(=O)N(Cc2cccc(Cl)c2)C(Cc2ccccc2)C(=O)NC2CCCC2)cc1. The van der Waals surface area contributed by atoms with Gasteiger partial charge in [-0.15, -0.1) is 0 Å². The first-order chi connectivity index (χ1) is 17.5. The summed E-state index contributed by atoms with van der Waals surface area (Å²) in [5.74, 6) is 0.237. The molecule has 0 bridgehead atoms. The minimum absolute atomic E-state index is 0.128. The first kappa shape index (κ1) is 25.8. The van der Waals surface area contributed by atoms with Crippen LogP contribution < -0.4 is 10.1 Å². The van der Waals surface area contributed by atoms with E-state index in [9.17, 15) is 9.59 Å². The summed E-state index contributed by atoms with van der Waals surface area (Å²) in [6.45, 7) is 2.09. The van der Waals surface area contributed by atoms with Gasteiger partial charge in [0.05, 0.1) is 0 Å². The van der Waals surface area contributed by atoms with E-state index in [1.165, 1.54) is 0 Å². The van der Waals surface area contributed by atoms with E-state index < -0.39 is 6.04 Å². The zero-order chi connectivity index (χ0) is 25.3. The van der Waals surface area contributed by atoms with Crippen LogP contribution in [0.3, 0.4) is 0 Å². The lowest BCUT2D eigenvalue weighted by Crippen LogP contribution is -2.53. The van der Waals surface area contributed by atoms with Gasteiger partial charge in [0.2, 0.25) is 5.91 Å². The van der Waals surface area contributed by atoms with Crippen LogP contribution in [0.2, 0.25) is 5.02 Å². The maximum atomic E-state index is 13.6. The molecule has 4 rings (SSSR count). The third-order valence-electron chi connectivity index (χ3n) is 6.60. The molecule has 2 amide bonds. The average Bonchev–Trinajstić information content (AvgIpc) is 3.39. The van der Waals surface area contributed by atoms with Crippen LogP contribution in [0.4, 0.5) is 0 Å². The molecule has 36 heavy (non-hydrogen) atoms. The van der Waals surface area contributed by atoms with Crippen molar-refractivity contribution < 1.29 is 14.3 Å². The van der Waals surface area contributed by atoms with E-state index in [1.807, 2.05) is 79.7 Å². The normalized spacial score (nSPS) is 14.3. The van der Waals surface area contributed by atoms with Crippen molar-refractivity contribution in [2.75, 3.05) is 6.61 Å². The largest absolute Gasteiger partial charge is 0.484 e. The Bertz CT molecular complexity index is 1140. The summed E-state index contributed by atoms with van der Waals surface area (Å²) in [6.07, 6.45) is 4.59. The molecular weight excluding hydrogens is 472 g/mol. The molecule has 1 fully saturated rings. The van der Waals surface area contributed by atoms with Crippen molar-refractivity contribution in [2.45, 2.75) is 57.7 Å². The fourth-order valence-electron chi connectivity index (χ4n) is 4.62. The predicted molar refractivity (Wildman–Crippen MR) is 143 cm³/mol. The molecule has 3 aromatic rings. The van der Waals surface area contributed by atoms with Crippen LogP contribution in [0.5, 0.6) is 5.75 Å². The predicted octanol–water partition coefficient (Wildman–Crippen LogP) is 5.73. The molecule has 1 unspecified atom stereocenters. The highest BCUT2D eigenvalue weighted by atomic mass is 35.5. The Morgan fingerprint density at radius 3 is 2.36 bits per heavy atom. The Morgan fingerprint density at radius 2 is 1.67 bits per heavy atom. The number of hydrogen-bond donors (Lipinski definition) is 1. The molecule has 188 valence electrons. The van der Waals surface area contributed by atoms with Crippen molar-refractivity contribution in [2.24, 2.45) is 0 Å². The van der Waals surface area contributed by atoms with E-state index in [2.05, 4.69) is 5.32 Å². The number of halogens is 1. The molecule has 0 radical (unpaired) electrons. The fourth-order valence-corrected chi connectivity index (χ4v) is 4.83. The Labute approximate surface area is 218 Å². The van der Waals surface area contributed by atoms with Crippen LogP contribution in [0.25, 0.3) is 0 Å². The van der Waals surface area contributed by atoms with Gasteiger partial charge in [-0.2, -0.15) is 0 Å². The number of nitrogens with zero attached hydrogens (tertiary/aromatic N) is 1. The number of amides is 2. The summed E-state index contributed by atoms with van der Waals surface area (Å²) in [6, 6.07) is 24.3. The van der Waals surface area contributed by atoms with Gasteiger partial charge >= 0.3 is 0 Å². The number of nitrogens with one attached hydrogen (secondary N) is 1. The fraction of sp³-hybridized carbons (Fsp3) is 0.333. The van der Waals surface area contributed by atoms with Crippen LogP contribution >= 0.6 is 11.6 Å². The Kier molecular flexibility index (Phi) is 9.01. The van der Waals surface area contributed by atoms with Crippen LogP contribution in [0.1, 0.15) is 42.4 Å². The van der Waals surface area contributed by atoms with E-state index in [0.717, 1.165) is 42.4 Å². The standard InChI is InChI=1S/C30H33ClN2O3/c1-22-14-16-27(17-15-22)36-21-29(34)33(20-24-10-7-11-25(31)18-24)28(19-23-8-3-2-4-9-23)30(35)32-26-12-5-6-13-26/h2-4,7-11,14-18,26,28H,5-6,12-13,19-21H2,1H3,(H,32,35). The highest BCUT2D eigenvalue weighted by molar-refractivity contribution is 6.30. The maximum Gasteiger partial charge on any atom is 0.261 e. The summed E-state index contributed by atoms with van der Waals surface area (Å²) in [5.41, 5.74) is 2.97. The maximum absolute atomic E-state index is 13.6. The molecule has 0 saturated heterocycles. The number of benzene rings is 3. The van der Waals surface area contributed by atoms with Crippen molar-refractivity contribution in [3.8, 4) is 5.75 Å². The van der Waals surface area contributed by atoms with Gasteiger partial charge in [0.15, 0.2) is 6.61 Å². The number of ether oxygens (including phenoxy) is 1. The molecule has 1 aliphatic rings. The van der Waals surface area contributed by atoms with Gasteiger partial charge in [-0.25, -0.2) is 0 Å². The smallest absolute Gasteiger partial charge is 0.261 e. The Balaban J connectivity index is 1.60. The molecule has 1 atom stereocenters. The molecule has 0 spiro atoms. The summed E-state index contributed by atoms with van der Waals surface area (Å²) in [7, 11) is 0. The van der Waals surface area contributed by atoms with Crippen molar-refractivity contribution in [1.82, 2.24) is 10.2 Å². The molecular formula is C30H33ClN2O3. The van der Waals surface area contributed by atoms with Crippen LogP contribution in [-0.2, 0) is 22.6 Å². The number of rotatable bonds is 10. The highest BCUT2D eigenvalue weighted by Crippen LogP contribution is 2.21. The quantitative estimate of drug-likeness (QED) is 0.384. The molecule has 0 heterocycles. The second-order valence-corrected chi connectivity index (χ2v) is 9.89. The Hall–Kier alpha value is -3.31. The van der Waals surface area contributed by atoms with Crippen LogP contribution in [-0.4, -0.2) is 35.4 Å². The topological polar surface area (TPSA) is 58.6 Å². The summed E-state index contributed by atoms with van der Waals surface area (Å²) < 4.78 is 5.83. The molecule has 6 heteroatoms. The van der Waals surface area contributed by atoms with E-state index in [1.54, 1.807) is 11.0 Å². The van der Waals surface area contributed by atoms with Gasteiger partial charge in [-0.3, -0.25) is 9.59 Å². The highest BCUT2D eigenvalue weighted by Gasteiger charge is 2.32. The molecule has 3 aromatic carbocycles. The third kappa shape index (κ3) is 7.34. The third-order valence-corrected chi connectivity index (χ3v) is 6.83. The molecule has 5 nitrogen and oxygen atoms in total. The average molecular weight is 505 g/mol. The van der Waals surface area contributed by atoms with E-state index in [-0.39, 0.29) is 31.0 Å². The minimum atomic E-state index is -0.680. The molecule has 1 saturated carbocycles. The van der Waals surface area contributed by atoms with Crippen molar-refractivity contribution in [3.63, 3.8) is 0 Å². The van der Waals surface area contributed by atoms with Gasteiger partial charge in [-0.05, 0) is 55.2 Å². The monoisotopic (exact) mass is 504 g/mol. The molecule has 0 aliphatic heterocycles. The lowest BCUT2D eigenvalue weighted by Gasteiger charge is -2.32.